The predicted octanol–water partition coefficient (Wildman–Crippen LogP) is 4.24. The Morgan fingerprint density at radius 1 is 1.29 bits per heavy atom. The summed E-state index contributed by atoms with van der Waals surface area (Å²) in [5.41, 5.74) is 0.114. The summed E-state index contributed by atoms with van der Waals surface area (Å²) in [5, 5.41) is 3.88. The molecule has 1 aliphatic heterocycles. The minimum atomic E-state index is -4.65. The number of alkyl halides is 2. The van der Waals surface area contributed by atoms with Gasteiger partial charge in [0.1, 0.15) is 10.9 Å². The molecule has 1 fully saturated rings. The molecule has 2 aromatic heterocycles. The van der Waals surface area contributed by atoms with Crippen LogP contribution in [0.25, 0.3) is 10.6 Å². The first-order valence-corrected chi connectivity index (χ1v) is 14.0. The number of esters is 1. The van der Waals surface area contributed by atoms with E-state index in [1.807, 2.05) is 0 Å². The summed E-state index contributed by atoms with van der Waals surface area (Å²) in [7, 11) is -3.58. The van der Waals surface area contributed by atoms with Crippen LogP contribution in [0.5, 0.6) is 5.75 Å². The van der Waals surface area contributed by atoms with Crippen molar-refractivity contribution < 1.29 is 40.8 Å². The number of sulfonamides is 1. The molecule has 0 radical (unpaired) electrons. The van der Waals surface area contributed by atoms with Crippen molar-refractivity contribution in [2.75, 3.05) is 18.6 Å². The molecule has 1 atom stereocenters. The summed E-state index contributed by atoms with van der Waals surface area (Å²) in [4.78, 5) is 26.2. The molecule has 1 N–H and O–H groups in total. The first-order chi connectivity index (χ1) is 18.1. The molecule has 38 heavy (non-hydrogen) atoms. The average molecular weight is 590 g/mol. The number of carbonyl (C=O) groups excluding carboxylic acids is 2. The van der Waals surface area contributed by atoms with Crippen molar-refractivity contribution in [2.24, 2.45) is 0 Å². The molecule has 1 aromatic carbocycles. The van der Waals surface area contributed by atoms with Crippen LogP contribution in [-0.4, -0.2) is 51.8 Å². The third kappa shape index (κ3) is 6.31. The number of benzene rings is 1. The van der Waals surface area contributed by atoms with E-state index in [0.29, 0.717) is 27.8 Å². The van der Waals surface area contributed by atoms with Crippen LogP contribution in [0, 0.1) is 0 Å². The monoisotopic (exact) mass is 589 g/mol. The lowest BCUT2D eigenvalue weighted by Crippen LogP contribution is -2.43. The number of hydrogen-bond acceptors (Lipinski definition) is 9. The maximum absolute atomic E-state index is 13.4. The van der Waals surface area contributed by atoms with Gasteiger partial charge >= 0.3 is 12.6 Å². The van der Waals surface area contributed by atoms with E-state index in [1.165, 1.54) is 34.4 Å². The van der Waals surface area contributed by atoms with Gasteiger partial charge in [-0.25, -0.2) is 8.42 Å². The standard InChI is InChI=1S/C23H22ClF2N3O7S2/c1-34-22(31)14(11-13-12-16(36-27-13)17-8-9-19(24)37-17)28-38(32,33)18-6-4-5-15(21(18)35-23(25)26)29-10-3-2-7-20(29)30/h4-6,8-9,12,14,23,28H,2-3,7,10-11H2,1H3. The number of methoxy groups -OCH3 is 1. The number of aromatic nitrogens is 1. The second-order valence-corrected chi connectivity index (χ2v) is 11.6. The third-order valence-electron chi connectivity index (χ3n) is 5.64. The van der Waals surface area contributed by atoms with E-state index < -0.39 is 39.3 Å². The van der Waals surface area contributed by atoms with Gasteiger partial charge in [-0.1, -0.05) is 22.8 Å². The third-order valence-corrected chi connectivity index (χ3v) is 8.38. The Balaban J connectivity index is 1.65. The quantitative estimate of drug-likeness (QED) is 0.348. The van der Waals surface area contributed by atoms with Crippen molar-refractivity contribution in [1.82, 2.24) is 9.88 Å². The second-order valence-electron chi connectivity index (χ2n) is 8.17. The van der Waals surface area contributed by atoms with Crippen molar-refractivity contribution in [2.45, 2.75) is 43.2 Å². The van der Waals surface area contributed by atoms with E-state index in [9.17, 15) is 26.8 Å². The predicted molar refractivity (Wildman–Crippen MR) is 134 cm³/mol. The topological polar surface area (TPSA) is 128 Å². The molecular formula is C23H22ClF2N3O7S2. The van der Waals surface area contributed by atoms with Gasteiger partial charge in [0.2, 0.25) is 15.9 Å². The first kappa shape index (κ1) is 28.0. The highest BCUT2D eigenvalue weighted by molar-refractivity contribution is 7.89. The highest BCUT2D eigenvalue weighted by atomic mass is 35.5. The van der Waals surface area contributed by atoms with Gasteiger partial charge in [0.25, 0.3) is 0 Å². The van der Waals surface area contributed by atoms with Gasteiger partial charge < -0.3 is 18.9 Å². The molecule has 0 bridgehead atoms. The Kier molecular flexibility index (Phi) is 8.65. The van der Waals surface area contributed by atoms with Crippen molar-refractivity contribution in [1.29, 1.82) is 0 Å². The summed E-state index contributed by atoms with van der Waals surface area (Å²) in [6, 6.07) is 7.07. The van der Waals surface area contributed by atoms with Gasteiger partial charge in [-0.3, -0.25) is 9.59 Å². The normalized spacial score (nSPS) is 15.1. The van der Waals surface area contributed by atoms with Crippen molar-refractivity contribution >= 4 is 50.5 Å². The Morgan fingerprint density at radius 2 is 2.08 bits per heavy atom. The molecule has 15 heteroatoms. The van der Waals surface area contributed by atoms with Crippen LogP contribution in [0.15, 0.2) is 45.8 Å². The van der Waals surface area contributed by atoms with Gasteiger partial charge in [-0.15, -0.1) is 11.3 Å². The summed E-state index contributed by atoms with van der Waals surface area (Å²) in [6.07, 6.45) is 1.15. The fraction of sp³-hybridized carbons (Fsp3) is 0.348. The number of nitrogens with zero attached hydrogens (tertiary/aromatic N) is 2. The Labute approximate surface area is 225 Å². The summed E-state index contributed by atoms with van der Waals surface area (Å²) in [6.45, 7) is -3.16. The van der Waals surface area contributed by atoms with Gasteiger partial charge in [0.15, 0.2) is 11.5 Å². The minimum Gasteiger partial charge on any atom is -0.468 e. The summed E-state index contributed by atoms with van der Waals surface area (Å²) in [5.74, 6) is -1.64. The van der Waals surface area contributed by atoms with Gasteiger partial charge in [-0.2, -0.15) is 13.5 Å². The molecule has 0 saturated carbocycles. The van der Waals surface area contributed by atoms with Gasteiger partial charge in [0, 0.05) is 25.5 Å². The smallest absolute Gasteiger partial charge is 0.387 e. The molecule has 1 saturated heterocycles. The zero-order valence-corrected chi connectivity index (χ0v) is 22.2. The summed E-state index contributed by atoms with van der Waals surface area (Å²) < 4.78 is 70.9. The van der Waals surface area contributed by atoms with E-state index in [4.69, 9.17) is 20.9 Å². The van der Waals surface area contributed by atoms with Crippen LogP contribution in [0.1, 0.15) is 25.0 Å². The molecule has 3 heterocycles. The van der Waals surface area contributed by atoms with Crippen LogP contribution >= 0.6 is 22.9 Å². The van der Waals surface area contributed by atoms with Crippen molar-refractivity contribution in [3.63, 3.8) is 0 Å². The molecule has 3 aromatic rings. The van der Waals surface area contributed by atoms with Crippen LogP contribution in [-0.2, 0) is 30.8 Å². The first-order valence-electron chi connectivity index (χ1n) is 11.3. The molecule has 1 unspecified atom stereocenters. The number of nitrogens with one attached hydrogen (secondary N) is 1. The SMILES string of the molecule is COC(=O)C(Cc1cc(-c2ccc(Cl)s2)on1)NS(=O)(=O)c1cccc(N2CCCCC2=O)c1OC(F)F. The van der Waals surface area contributed by atoms with Gasteiger partial charge in [0.05, 0.1) is 27.7 Å². The van der Waals surface area contributed by atoms with E-state index in [0.717, 1.165) is 13.2 Å². The van der Waals surface area contributed by atoms with Crippen molar-refractivity contribution in [3.05, 3.63) is 46.4 Å². The number of hydrogen-bond donors (Lipinski definition) is 1. The number of anilines is 1. The number of ether oxygens (including phenoxy) is 2. The van der Waals surface area contributed by atoms with E-state index >= 15 is 0 Å². The zero-order chi connectivity index (χ0) is 27.4. The maximum atomic E-state index is 13.4. The second kappa shape index (κ2) is 11.8. The molecule has 1 amide bonds. The molecule has 0 aliphatic carbocycles. The average Bonchev–Trinajstić information content (AvgIpc) is 3.52. The number of thiophene rings is 1. The Bertz CT molecular complexity index is 1430. The molecular weight excluding hydrogens is 568 g/mol. The molecule has 1 aliphatic rings. The molecule has 204 valence electrons. The summed E-state index contributed by atoms with van der Waals surface area (Å²) >= 11 is 7.18. The van der Waals surface area contributed by atoms with Gasteiger partial charge in [-0.05, 0) is 37.1 Å². The number of rotatable bonds is 10. The number of piperidine rings is 1. The lowest BCUT2D eigenvalue weighted by atomic mass is 10.1. The molecule has 10 nitrogen and oxygen atoms in total. The number of amides is 1. The highest BCUT2D eigenvalue weighted by Crippen LogP contribution is 2.38. The maximum Gasteiger partial charge on any atom is 0.387 e. The number of para-hydroxylation sites is 1. The lowest BCUT2D eigenvalue weighted by molar-refractivity contribution is -0.142. The number of carbonyl (C=O) groups is 2. The Morgan fingerprint density at radius 3 is 2.74 bits per heavy atom. The van der Waals surface area contributed by atoms with E-state index in [1.54, 1.807) is 12.1 Å². The largest absolute Gasteiger partial charge is 0.468 e. The zero-order valence-electron chi connectivity index (χ0n) is 19.9. The Hall–Kier alpha value is -3.07. The number of halogens is 3. The fourth-order valence-electron chi connectivity index (χ4n) is 3.94. The van der Waals surface area contributed by atoms with Crippen molar-refractivity contribution in [3.8, 4) is 16.4 Å². The van der Waals surface area contributed by atoms with Crippen LogP contribution in [0.3, 0.4) is 0 Å². The highest BCUT2D eigenvalue weighted by Gasteiger charge is 2.33. The van der Waals surface area contributed by atoms with Crippen LogP contribution < -0.4 is 14.4 Å². The van der Waals surface area contributed by atoms with E-state index in [-0.39, 0.29) is 36.7 Å². The van der Waals surface area contributed by atoms with E-state index in [2.05, 4.69) is 14.6 Å². The molecule has 0 spiro atoms. The van der Waals surface area contributed by atoms with Crippen LogP contribution in [0.2, 0.25) is 4.34 Å². The lowest BCUT2D eigenvalue weighted by Gasteiger charge is -2.29. The molecule has 4 rings (SSSR count). The van der Waals surface area contributed by atoms with Crippen LogP contribution in [0.4, 0.5) is 14.5 Å². The minimum absolute atomic E-state index is 0.108. The fourth-order valence-corrected chi connectivity index (χ4v) is 6.27.